The lowest BCUT2D eigenvalue weighted by Gasteiger charge is -1.99. The molecular formula is C18H11ClN2S. The maximum Gasteiger partial charge on any atom is 0.101 e. The predicted octanol–water partition coefficient (Wildman–Crippen LogP) is 5.53. The zero-order valence-electron chi connectivity index (χ0n) is 11.5. The van der Waals surface area contributed by atoms with Crippen LogP contribution in [-0.4, -0.2) is 4.98 Å². The summed E-state index contributed by atoms with van der Waals surface area (Å²) in [6, 6.07) is 19.5. The first-order chi connectivity index (χ1) is 10.8. The summed E-state index contributed by atoms with van der Waals surface area (Å²) in [5, 5.41) is 10.1. The minimum absolute atomic E-state index is 0.549. The number of nitriles is 1. The molecule has 4 heteroatoms. The smallest absolute Gasteiger partial charge is 0.101 e. The summed E-state index contributed by atoms with van der Waals surface area (Å²) in [6.07, 6.45) is 3.54. The van der Waals surface area contributed by atoms with E-state index in [1.165, 1.54) is 0 Å². The Morgan fingerprint density at radius 3 is 2.64 bits per heavy atom. The van der Waals surface area contributed by atoms with Crippen LogP contribution in [0.25, 0.3) is 22.1 Å². The number of hydrogen-bond acceptors (Lipinski definition) is 3. The first-order valence-electron chi connectivity index (χ1n) is 6.66. The molecule has 0 aliphatic rings. The first kappa shape index (κ1) is 14.5. The molecule has 0 aliphatic heterocycles. The molecule has 3 rings (SSSR count). The Labute approximate surface area is 138 Å². The monoisotopic (exact) mass is 322 g/mol. The van der Waals surface area contributed by atoms with Crippen LogP contribution in [0.5, 0.6) is 0 Å². The van der Waals surface area contributed by atoms with Gasteiger partial charge in [-0.15, -0.1) is 11.3 Å². The molecule has 0 fully saturated rings. The van der Waals surface area contributed by atoms with Gasteiger partial charge in [-0.25, -0.2) is 0 Å². The number of pyridine rings is 1. The molecule has 0 unspecified atom stereocenters. The van der Waals surface area contributed by atoms with Crippen molar-refractivity contribution in [3.63, 3.8) is 0 Å². The number of benzene rings is 1. The molecule has 2 nitrogen and oxygen atoms in total. The fraction of sp³-hybridized carbons (Fsp3) is 0. The van der Waals surface area contributed by atoms with Crippen LogP contribution in [-0.2, 0) is 0 Å². The molecule has 0 saturated heterocycles. The van der Waals surface area contributed by atoms with Gasteiger partial charge in [0.25, 0.3) is 0 Å². The summed E-state index contributed by atoms with van der Waals surface area (Å²) in [7, 11) is 0. The van der Waals surface area contributed by atoms with Crippen LogP contribution >= 0.6 is 22.9 Å². The van der Waals surface area contributed by atoms with E-state index in [1.807, 2.05) is 60.7 Å². The second-order valence-electron chi connectivity index (χ2n) is 4.57. The standard InChI is InChI=1S/C18H11ClN2S/c19-16-6-2-1-5-15(16)18-9-8-14(22-18)11-13(12-20)17-7-3-4-10-21-17/h1-11H/b13-11-. The quantitative estimate of drug-likeness (QED) is 0.595. The highest BCUT2D eigenvalue weighted by molar-refractivity contribution is 7.16. The number of rotatable bonds is 3. The first-order valence-corrected chi connectivity index (χ1v) is 7.85. The lowest BCUT2D eigenvalue weighted by molar-refractivity contribution is 1.28. The number of hydrogen-bond donors (Lipinski definition) is 0. The van der Waals surface area contributed by atoms with Crippen LogP contribution in [0, 0.1) is 11.3 Å². The summed E-state index contributed by atoms with van der Waals surface area (Å²) in [4.78, 5) is 6.29. The molecule has 0 atom stereocenters. The predicted molar refractivity (Wildman–Crippen MR) is 92.5 cm³/mol. The third kappa shape index (κ3) is 3.09. The Hall–Kier alpha value is -2.41. The third-order valence-corrected chi connectivity index (χ3v) is 4.51. The van der Waals surface area contributed by atoms with Crippen molar-refractivity contribution in [2.75, 3.05) is 0 Å². The van der Waals surface area contributed by atoms with Crippen molar-refractivity contribution in [3.8, 4) is 16.5 Å². The van der Waals surface area contributed by atoms with E-state index in [2.05, 4.69) is 11.1 Å². The molecule has 1 aromatic carbocycles. The van der Waals surface area contributed by atoms with E-state index < -0.39 is 0 Å². The number of halogens is 1. The van der Waals surface area contributed by atoms with Crippen molar-refractivity contribution >= 4 is 34.6 Å². The second-order valence-corrected chi connectivity index (χ2v) is 6.09. The average molecular weight is 323 g/mol. The summed E-state index contributed by atoms with van der Waals surface area (Å²) in [5.41, 5.74) is 2.23. The SMILES string of the molecule is N#C/C(=C/c1ccc(-c2ccccc2Cl)s1)c1ccccn1. The molecule has 2 aromatic heterocycles. The Kier molecular flexibility index (Phi) is 4.34. The Bertz CT molecular complexity index is 860. The van der Waals surface area contributed by atoms with Crippen molar-refractivity contribution in [2.24, 2.45) is 0 Å². The zero-order chi connectivity index (χ0) is 15.4. The normalized spacial score (nSPS) is 11.2. The zero-order valence-corrected chi connectivity index (χ0v) is 13.1. The van der Waals surface area contributed by atoms with Gasteiger partial charge < -0.3 is 0 Å². The lowest BCUT2D eigenvalue weighted by atomic mass is 10.1. The number of nitrogens with zero attached hydrogens (tertiary/aromatic N) is 2. The highest BCUT2D eigenvalue weighted by Crippen LogP contribution is 2.34. The van der Waals surface area contributed by atoms with Crippen LogP contribution in [0.2, 0.25) is 5.02 Å². The molecule has 0 saturated carbocycles. The molecule has 3 aromatic rings. The third-order valence-electron chi connectivity index (χ3n) is 3.11. The van der Waals surface area contributed by atoms with Crippen LogP contribution in [0.15, 0.2) is 60.8 Å². The van der Waals surface area contributed by atoms with Gasteiger partial charge in [-0.3, -0.25) is 4.98 Å². The van der Waals surface area contributed by atoms with Crippen molar-refractivity contribution < 1.29 is 0 Å². The van der Waals surface area contributed by atoms with Gasteiger partial charge in [-0.05, 0) is 36.4 Å². The fourth-order valence-corrected chi connectivity index (χ4v) is 3.35. The van der Waals surface area contributed by atoms with Crippen molar-refractivity contribution in [1.29, 1.82) is 5.26 Å². The minimum Gasteiger partial charge on any atom is -0.256 e. The molecule has 22 heavy (non-hydrogen) atoms. The summed E-state index contributed by atoms with van der Waals surface area (Å²) in [5.74, 6) is 0. The van der Waals surface area contributed by atoms with E-state index in [-0.39, 0.29) is 0 Å². The highest BCUT2D eigenvalue weighted by Gasteiger charge is 2.07. The van der Waals surface area contributed by atoms with Gasteiger partial charge in [0.15, 0.2) is 0 Å². The maximum absolute atomic E-state index is 9.33. The van der Waals surface area contributed by atoms with Crippen LogP contribution in [0.4, 0.5) is 0 Å². The molecule has 0 amide bonds. The Morgan fingerprint density at radius 2 is 1.91 bits per heavy atom. The highest BCUT2D eigenvalue weighted by atomic mass is 35.5. The van der Waals surface area contributed by atoms with E-state index in [4.69, 9.17) is 11.6 Å². The molecule has 2 heterocycles. The number of aromatic nitrogens is 1. The van der Waals surface area contributed by atoms with Gasteiger partial charge in [-0.1, -0.05) is 35.9 Å². The Balaban J connectivity index is 1.96. The van der Waals surface area contributed by atoms with Crippen LogP contribution < -0.4 is 0 Å². The molecule has 106 valence electrons. The minimum atomic E-state index is 0.549. The molecular weight excluding hydrogens is 312 g/mol. The van der Waals surface area contributed by atoms with Crippen LogP contribution in [0.3, 0.4) is 0 Å². The summed E-state index contributed by atoms with van der Waals surface area (Å²) >= 11 is 7.82. The van der Waals surface area contributed by atoms with Gasteiger partial charge in [0.05, 0.1) is 11.3 Å². The van der Waals surface area contributed by atoms with E-state index in [0.29, 0.717) is 11.3 Å². The van der Waals surface area contributed by atoms with Crippen molar-refractivity contribution in [1.82, 2.24) is 4.98 Å². The van der Waals surface area contributed by atoms with E-state index in [9.17, 15) is 5.26 Å². The van der Waals surface area contributed by atoms with Crippen molar-refractivity contribution in [2.45, 2.75) is 0 Å². The van der Waals surface area contributed by atoms with Crippen LogP contribution in [0.1, 0.15) is 10.6 Å². The van der Waals surface area contributed by atoms with Gasteiger partial charge in [0, 0.05) is 26.5 Å². The van der Waals surface area contributed by atoms with E-state index in [0.717, 1.165) is 20.3 Å². The van der Waals surface area contributed by atoms with Gasteiger partial charge >= 0.3 is 0 Å². The molecule has 0 spiro atoms. The number of allylic oxidation sites excluding steroid dienone is 1. The topological polar surface area (TPSA) is 36.7 Å². The van der Waals surface area contributed by atoms with Gasteiger partial charge in [0.2, 0.25) is 0 Å². The molecule has 0 bridgehead atoms. The summed E-state index contributed by atoms with van der Waals surface area (Å²) in [6.45, 7) is 0. The van der Waals surface area contributed by atoms with Crippen molar-refractivity contribution in [3.05, 3.63) is 76.4 Å². The van der Waals surface area contributed by atoms with E-state index in [1.54, 1.807) is 17.5 Å². The molecule has 0 radical (unpaired) electrons. The fourth-order valence-electron chi connectivity index (χ4n) is 2.06. The summed E-state index contributed by atoms with van der Waals surface area (Å²) < 4.78 is 0. The van der Waals surface area contributed by atoms with Gasteiger partial charge in [-0.2, -0.15) is 5.26 Å². The van der Waals surface area contributed by atoms with Gasteiger partial charge in [0.1, 0.15) is 6.07 Å². The maximum atomic E-state index is 9.33. The average Bonchev–Trinajstić information content (AvgIpc) is 3.02. The largest absolute Gasteiger partial charge is 0.256 e. The number of thiophene rings is 1. The second kappa shape index (κ2) is 6.57. The Morgan fingerprint density at radius 1 is 1.09 bits per heavy atom. The molecule has 0 N–H and O–H groups in total. The van der Waals surface area contributed by atoms with E-state index >= 15 is 0 Å². The molecule has 0 aliphatic carbocycles. The lowest BCUT2D eigenvalue weighted by Crippen LogP contribution is -1.84.